The maximum absolute atomic E-state index is 5.85. The number of rotatable bonds is 0. The van der Waals surface area contributed by atoms with Crippen LogP contribution in [0, 0.1) is 6.92 Å². The van der Waals surface area contributed by atoms with E-state index in [1.165, 1.54) is 0 Å². The Labute approximate surface area is 108 Å². The number of ether oxygens (including phenoxy) is 1. The Balaban J connectivity index is 1.99. The molecule has 0 unspecified atom stereocenters. The van der Waals surface area contributed by atoms with Crippen molar-refractivity contribution in [3.8, 4) is 11.6 Å². The van der Waals surface area contributed by atoms with Gasteiger partial charge in [-0.2, -0.15) is 4.68 Å². The molecule has 0 N–H and O–H groups in total. The Morgan fingerprint density at radius 3 is 3.00 bits per heavy atom. The number of aryl methyl sites for hydroxylation is 1. The normalized spacial score (nSPS) is 18.8. The largest absolute Gasteiger partial charge is 0.488 e. The summed E-state index contributed by atoms with van der Waals surface area (Å²) in [5.41, 5.74) is -0.00552. The number of aromatic nitrogens is 5. The van der Waals surface area contributed by atoms with Crippen molar-refractivity contribution in [1.29, 1.82) is 0 Å². The fraction of sp³-hybridized carbons (Fsp3) is 0.455. The first kappa shape index (κ1) is 10.3. The van der Waals surface area contributed by atoms with Gasteiger partial charge in [0.25, 0.3) is 0 Å². The van der Waals surface area contributed by atoms with Crippen LogP contribution in [0.2, 0.25) is 5.15 Å². The highest BCUT2D eigenvalue weighted by atomic mass is 35.5. The molecular weight excluding hydrogens is 254 g/mol. The highest BCUT2D eigenvalue weighted by Gasteiger charge is 2.51. The van der Waals surface area contributed by atoms with Crippen molar-refractivity contribution in [3.05, 3.63) is 22.9 Å². The lowest BCUT2D eigenvalue weighted by Crippen LogP contribution is -2.19. The maximum Gasteiger partial charge on any atom is 0.220 e. The molecule has 4 rings (SSSR count). The summed E-state index contributed by atoms with van der Waals surface area (Å²) in [7, 11) is 0. The van der Waals surface area contributed by atoms with Crippen molar-refractivity contribution < 1.29 is 4.74 Å². The van der Waals surface area contributed by atoms with E-state index in [1.54, 1.807) is 10.7 Å². The van der Waals surface area contributed by atoms with Crippen molar-refractivity contribution in [2.24, 2.45) is 0 Å². The molecule has 0 radical (unpaired) electrons. The van der Waals surface area contributed by atoms with Crippen LogP contribution in [0.3, 0.4) is 0 Å². The fourth-order valence-electron chi connectivity index (χ4n) is 2.30. The van der Waals surface area contributed by atoms with Gasteiger partial charge < -0.3 is 4.74 Å². The molecule has 92 valence electrons. The van der Waals surface area contributed by atoms with Crippen LogP contribution >= 0.6 is 11.6 Å². The molecule has 7 heteroatoms. The first-order chi connectivity index (χ1) is 8.68. The van der Waals surface area contributed by atoms with Crippen molar-refractivity contribution in [2.45, 2.75) is 25.2 Å². The van der Waals surface area contributed by atoms with Crippen molar-refractivity contribution in [1.82, 2.24) is 25.0 Å². The van der Waals surface area contributed by atoms with Crippen molar-refractivity contribution >= 4 is 11.6 Å². The van der Waals surface area contributed by atoms with Gasteiger partial charge in [0.15, 0.2) is 10.9 Å². The highest BCUT2D eigenvalue weighted by Crippen LogP contribution is 2.50. The van der Waals surface area contributed by atoms with E-state index in [2.05, 4.69) is 20.3 Å². The number of hydrogen-bond acceptors (Lipinski definition) is 5. The smallest absolute Gasteiger partial charge is 0.220 e. The zero-order valence-corrected chi connectivity index (χ0v) is 10.5. The van der Waals surface area contributed by atoms with Gasteiger partial charge in [-0.05, 0) is 19.8 Å². The van der Waals surface area contributed by atoms with E-state index in [0.717, 1.165) is 24.5 Å². The standard InChI is InChI=1S/C11H10ClN5O/c1-6-13-10-11(2-3-11)5-18-7-4-8(12)14-15-9(7)17(10)16-6/h4H,2-3,5H2,1H3. The predicted octanol–water partition coefficient (Wildman–Crippen LogP) is 1.44. The first-order valence-electron chi connectivity index (χ1n) is 5.79. The molecule has 1 aliphatic carbocycles. The molecule has 0 saturated heterocycles. The number of halogens is 1. The molecule has 2 aliphatic rings. The quantitative estimate of drug-likeness (QED) is 0.720. The van der Waals surface area contributed by atoms with Crippen LogP contribution < -0.4 is 4.74 Å². The third-order valence-electron chi connectivity index (χ3n) is 3.46. The summed E-state index contributed by atoms with van der Waals surface area (Å²) in [4.78, 5) is 4.52. The maximum atomic E-state index is 5.85. The molecule has 1 spiro atoms. The first-order valence-corrected chi connectivity index (χ1v) is 6.16. The summed E-state index contributed by atoms with van der Waals surface area (Å²) in [5.74, 6) is 2.85. The van der Waals surface area contributed by atoms with E-state index < -0.39 is 0 Å². The topological polar surface area (TPSA) is 65.7 Å². The summed E-state index contributed by atoms with van der Waals surface area (Å²) >= 11 is 5.85. The highest BCUT2D eigenvalue weighted by molar-refractivity contribution is 6.29. The average Bonchev–Trinajstić information content (AvgIpc) is 3.05. The molecule has 3 heterocycles. The minimum Gasteiger partial charge on any atom is -0.488 e. The molecule has 2 aromatic heterocycles. The minimum atomic E-state index is -0.00552. The zero-order valence-electron chi connectivity index (χ0n) is 9.72. The molecule has 18 heavy (non-hydrogen) atoms. The van der Waals surface area contributed by atoms with E-state index in [0.29, 0.717) is 23.3 Å². The van der Waals surface area contributed by atoms with Gasteiger partial charge in [-0.3, -0.25) is 0 Å². The van der Waals surface area contributed by atoms with Crippen LogP contribution in [0.4, 0.5) is 0 Å². The van der Waals surface area contributed by atoms with Crippen LogP contribution in [-0.2, 0) is 5.41 Å². The number of fused-ring (bicyclic) bond motifs is 4. The lowest BCUT2D eigenvalue weighted by atomic mass is 10.1. The third-order valence-corrected chi connectivity index (χ3v) is 3.64. The molecule has 1 saturated carbocycles. The second kappa shape index (κ2) is 3.20. The summed E-state index contributed by atoms with van der Waals surface area (Å²) in [6.07, 6.45) is 2.14. The second-order valence-electron chi connectivity index (χ2n) is 4.82. The van der Waals surface area contributed by atoms with E-state index in [-0.39, 0.29) is 5.41 Å². The third kappa shape index (κ3) is 1.29. The van der Waals surface area contributed by atoms with Crippen molar-refractivity contribution in [2.75, 3.05) is 6.61 Å². The average molecular weight is 264 g/mol. The Morgan fingerprint density at radius 1 is 1.39 bits per heavy atom. The van der Waals surface area contributed by atoms with Gasteiger partial charge in [-0.15, -0.1) is 15.3 Å². The van der Waals surface area contributed by atoms with Gasteiger partial charge in [-0.25, -0.2) is 4.98 Å². The lowest BCUT2D eigenvalue weighted by molar-refractivity contribution is 0.279. The summed E-state index contributed by atoms with van der Waals surface area (Å²) in [5, 5.41) is 12.7. The van der Waals surface area contributed by atoms with Crippen LogP contribution in [0.25, 0.3) is 5.82 Å². The lowest BCUT2D eigenvalue weighted by Gasteiger charge is -2.09. The van der Waals surface area contributed by atoms with Gasteiger partial charge in [0.05, 0.1) is 5.41 Å². The van der Waals surface area contributed by atoms with E-state index >= 15 is 0 Å². The van der Waals surface area contributed by atoms with Gasteiger partial charge in [0.2, 0.25) is 5.82 Å². The fourth-order valence-corrected chi connectivity index (χ4v) is 2.44. The van der Waals surface area contributed by atoms with Crippen LogP contribution in [0.1, 0.15) is 24.5 Å². The second-order valence-corrected chi connectivity index (χ2v) is 5.21. The minimum absolute atomic E-state index is 0.00552. The van der Waals surface area contributed by atoms with Crippen LogP contribution in [0.5, 0.6) is 5.75 Å². The van der Waals surface area contributed by atoms with E-state index in [9.17, 15) is 0 Å². The number of hydrogen-bond donors (Lipinski definition) is 0. The molecule has 0 bridgehead atoms. The van der Waals surface area contributed by atoms with Crippen LogP contribution in [-0.4, -0.2) is 31.6 Å². The summed E-state index contributed by atoms with van der Waals surface area (Å²) < 4.78 is 7.54. The Morgan fingerprint density at radius 2 is 2.22 bits per heavy atom. The van der Waals surface area contributed by atoms with Gasteiger partial charge in [-0.1, -0.05) is 11.6 Å². The predicted molar refractivity (Wildman–Crippen MR) is 63.1 cm³/mol. The SMILES string of the molecule is Cc1nc2n(n1)-c1nnc(Cl)cc1OCC21CC1. The molecule has 0 amide bonds. The Hall–Kier alpha value is -1.69. The van der Waals surface area contributed by atoms with Crippen LogP contribution in [0.15, 0.2) is 6.07 Å². The Bertz CT molecular complexity index is 649. The molecule has 0 aromatic carbocycles. The van der Waals surface area contributed by atoms with Gasteiger partial charge in [0.1, 0.15) is 18.3 Å². The summed E-state index contributed by atoms with van der Waals surface area (Å²) in [6, 6.07) is 1.67. The van der Waals surface area contributed by atoms with E-state index in [1.807, 2.05) is 6.92 Å². The number of nitrogens with zero attached hydrogens (tertiary/aromatic N) is 5. The molecule has 1 fully saturated rings. The molecule has 1 aliphatic heterocycles. The molecule has 6 nitrogen and oxygen atoms in total. The summed E-state index contributed by atoms with van der Waals surface area (Å²) in [6.45, 7) is 2.47. The van der Waals surface area contributed by atoms with Gasteiger partial charge >= 0.3 is 0 Å². The monoisotopic (exact) mass is 263 g/mol. The molecular formula is C11H10ClN5O. The van der Waals surface area contributed by atoms with Gasteiger partial charge in [0, 0.05) is 6.07 Å². The molecule has 0 atom stereocenters. The molecule has 2 aromatic rings. The van der Waals surface area contributed by atoms with E-state index in [4.69, 9.17) is 16.3 Å². The zero-order chi connectivity index (χ0) is 12.3. The van der Waals surface area contributed by atoms with Crippen molar-refractivity contribution in [3.63, 3.8) is 0 Å². The Kier molecular flexibility index (Phi) is 1.82.